The maximum absolute atomic E-state index is 14.0. The second-order valence-electron chi connectivity index (χ2n) is 8.97. The highest BCUT2D eigenvalue weighted by Crippen LogP contribution is 2.41. The fourth-order valence-corrected chi connectivity index (χ4v) is 5.37. The molecule has 0 bridgehead atoms. The van der Waals surface area contributed by atoms with E-state index in [1.165, 1.54) is 49.3 Å². The summed E-state index contributed by atoms with van der Waals surface area (Å²) in [6, 6.07) is 9.35. The summed E-state index contributed by atoms with van der Waals surface area (Å²) in [6.45, 7) is 0.394. The van der Waals surface area contributed by atoms with E-state index in [-0.39, 0.29) is 33.3 Å². The average Bonchev–Trinajstić information content (AvgIpc) is 3.53. The normalized spacial score (nSPS) is 19.3. The fraction of sp³-hybridized carbons (Fsp3) is 0.417. The summed E-state index contributed by atoms with van der Waals surface area (Å²) in [7, 11) is -0.851. The Morgan fingerprint density at radius 3 is 2.53 bits per heavy atom. The van der Waals surface area contributed by atoms with Crippen LogP contribution in [0.2, 0.25) is 5.02 Å². The third kappa shape index (κ3) is 4.96. The molecule has 7 nitrogen and oxygen atoms in total. The van der Waals surface area contributed by atoms with Crippen LogP contribution in [0.15, 0.2) is 47.4 Å². The number of amides is 2. The zero-order chi connectivity index (χ0) is 24.6. The van der Waals surface area contributed by atoms with Gasteiger partial charge >= 0.3 is 0 Å². The molecule has 2 fully saturated rings. The number of hydrogen-bond donors (Lipinski definition) is 1. The first kappa shape index (κ1) is 24.6. The van der Waals surface area contributed by atoms with Crippen molar-refractivity contribution in [3.63, 3.8) is 0 Å². The minimum atomic E-state index is -3.70. The zero-order valence-electron chi connectivity index (χ0n) is 19.0. The number of hydrogen-bond acceptors (Lipinski definition) is 4. The van der Waals surface area contributed by atoms with E-state index in [9.17, 15) is 22.4 Å². The van der Waals surface area contributed by atoms with Gasteiger partial charge in [-0.25, -0.2) is 17.1 Å². The maximum atomic E-state index is 14.0. The van der Waals surface area contributed by atoms with Gasteiger partial charge in [-0.3, -0.25) is 9.59 Å². The van der Waals surface area contributed by atoms with Crippen molar-refractivity contribution >= 4 is 33.4 Å². The van der Waals surface area contributed by atoms with Crippen LogP contribution in [0.25, 0.3) is 0 Å². The number of halogens is 2. The minimum Gasteiger partial charge on any atom is -0.347 e. The van der Waals surface area contributed by atoms with Gasteiger partial charge in [-0.2, -0.15) is 0 Å². The van der Waals surface area contributed by atoms with Gasteiger partial charge < -0.3 is 10.2 Å². The molecule has 1 aliphatic heterocycles. The number of carbonyl (C=O) groups is 2. The highest BCUT2D eigenvalue weighted by atomic mass is 35.5. The number of carbonyl (C=O) groups excluding carboxylic acids is 2. The van der Waals surface area contributed by atoms with Crippen LogP contribution < -0.4 is 5.32 Å². The van der Waals surface area contributed by atoms with E-state index in [1.54, 1.807) is 12.1 Å². The number of rotatable bonds is 7. The molecule has 34 heavy (non-hydrogen) atoms. The van der Waals surface area contributed by atoms with Gasteiger partial charge in [-0.15, -0.1) is 0 Å². The van der Waals surface area contributed by atoms with E-state index in [0.717, 1.165) is 17.1 Å². The molecule has 1 N–H and O–H groups in total. The van der Waals surface area contributed by atoms with Crippen molar-refractivity contribution in [1.82, 2.24) is 14.5 Å². The quantitative estimate of drug-likeness (QED) is 0.620. The molecular weight excluding hydrogens is 481 g/mol. The summed E-state index contributed by atoms with van der Waals surface area (Å²) in [5, 5.41) is 3.05. The van der Waals surface area contributed by atoms with E-state index < -0.39 is 27.8 Å². The van der Waals surface area contributed by atoms with E-state index in [1.807, 2.05) is 0 Å². The highest BCUT2D eigenvalue weighted by Gasteiger charge is 2.39. The van der Waals surface area contributed by atoms with Crippen LogP contribution in [-0.2, 0) is 14.8 Å². The molecule has 1 saturated carbocycles. The fourth-order valence-electron chi connectivity index (χ4n) is 4.31. The number of nitrogens with one attached hydrogen (secondary N) is 1. The first-order valence-corrected chi connectivity index (χ1v) is 13.0. The lowest BCUT2D eigenvalue weighted by Gasteiger charge is -2.27. The molecule has 10 heteroatoms. The lowest BCUT2D eigenvalue weighted by atomic mass is 10.0. The third-order valence-corrected chi connectivity index (χ3v) is 8.49. The number of nitrogens with zero attached hydrogens (tertiary/aromatic N) is 2. The molecule has 1 saturated heterocycles. The topological polar surface area (TPSA) is 86.8 Å². The van der Waals surface area contributed by atoms with E-state index >= 15 is 0 Å². The summed E-state index contributed by atoms with van der Waals surface area (Å²) < 4.78 is 40.1. The summed E-state index contributed by atoms with van der Waals surface area (Å²) in [5.41, 5.74) is 0.858. The van der Waals surface area contributed by atoms with E-state index in [4.69, 9.17) is 11.6 Å². The molecule has 2 atom stereocenters. The van der Waals surface area contributed by atoms with Gasteiger partial charge in [0.25, 0.3) is 5.91 Å². The van der Waals surface area contributed by atoms with Crippen molar-refractivity contribution in [2.45, 2.75) is 42.7 Å². The minimum absolute atomic E-state index is 0.0158. The summed E-state index contributed by atoms with van der Waals surface area (Å²) in [6.07, 6.45) is 3.01. The van der Waals surface area contributed by atoms with Gasteiger partial charge in [-0.1, -0.05) is 23.7 Å². The molecule has 0 spiro atoms. The van der Waals surface area contributed by atoms with Crippen molar-refractivity contribution in [3.05, 3.63) is 64.4 Å². The summed E-state index contributed by atoms with van der Waals surface area (Å²) in [5.74, 6) is -1.02. The average molecular weight is 508 g/mol. The standard InChI is InChI=1S/C24H27ClFN3O4S/c1-28(2)34(32,33)18-6-3-5-17(13-18)24(31)29-12-4-7-21(29)23(30)27-22(15-8-9-15)16-10-11-19(25)20(26)14-16/h3,5-6,10-11,13-15,21-22H,4,7-9,12H2,1-2H3,(H,27,30)/t21-,22+/m1/s1. The van der Waals surface area contributed by atoms with Crippen molar-refractivity contribution in [3.8, 4) is 0 Å². The van der Waals surface area contributed by atoms with Gasteiger partial charge in [0, 0.05) is 26.2 Å². The molecule has 2 aliphatic rings. The molecule has 1 aliphatic carbocycles. The lowest BCUT2D eigenvalue weighted by molar-refractivity contribution is -0.125. The van der Waals surface area contributed by atoms with Crippen molar-refractivity contribution < 1.29 is 22.4 Å². The van der Waals surface area contributed by atoms with Crippen LogP contribution in [0.5, 0.6) is 0 Å². The van der Waals surface area contributed by atoms with Gasteiger partial charge in [0.2, 0.25) is 15.9 Å². The predicted molar refractivity (Wildman–Crippen MR) is 126 cm³/mol. The molecule has 1 heterocycles. The second-order valence-corrected chi connectivity index (χ2v) is 11.5. The Kier molecular flexibility index (Phi) is 6.98. The predicted octanol–water partition coefficient (Wildman–Crippen LogP) is 3.60. The smallest absolute Gasteiger partial charge is 0.254 e. The number of likely N-dealkylation sites (tertiary alicyclic amines) is 1. The SMILES string of the molecule is CN(C)S(=O)(=O)c1cccc(C(=O)N2CCC[C@@H]2C(=O)N[C@H](c2ccc(Cl)c(F)c2)C2CC2)c1. The van der Waals surface area contributed by atoms with Crippen LogP contribution >= 0.6 is 11.6 Å². The monoisotopic (exact) mass is 507 g/mol. The van der Waals surface area contributed by atoms with Gasteiger partial charge in [0.1, 0.15) is 11.9 Å². The van der Waals surface area contributed by atoms with Crippen LogP contribution in [0.3, 0.4) is 0 Å². The molecular formula is C24H27ClFN3O4S. The van der Waals surface area contributed by atoms with Crippen molar-refractivity contribution in [1.29, 1.82) is 0 Å². The van der Waals surface area contributed by atoms with Gasteiger partial charge in [0.15, 0.2) is 0 Å². The molecule has 0 unspecified atom stereocenters. The Balaban J connectivity index is 1.53. The van der Waals surface area contributed by atoms with E-state index in [2.05, 4.69) is 5.32 Å². The Bertz CT molecular complexity index is 1220. The van der Waals surface area contributed by atoms with Crippen LogP contribution in [0.4, 0.5) is 4.39 Å². The molecule has 182 valence electrons. The highest BCUT2D eigenvalue weighted by molar-refractivity contribution is 7.89. The Morgan fingerprint density at radius 1 is 1.15 bits per heavy atom. The Hall–Kier alpha value is -2.49. The van der Waals surface area contributed by atoms with E-state index in [0.29, 0.717) is 24.9 Å². The molecule has 2 amide bonds. The first-order chi connectivity index (χ1) is 16.1. The van der Waals surface area contributed by atoms with Crippen LogP contribution in [-0.4, -0.2) is 56.1 Å². The van der Waals surface area contributed by atoms with Crippen molar-refractivity contribution in [2.24, 2.45) is 5.92 Å². The summed E-state index contributed by atoms with van der Waals surface area (Å²) in [4.78, 5) is 28.0. The molecule has 0 aromatic heterocycles. The number of benzene rings is 2. The summed E-state index contributed by atoms with van der Waals surface area (Å²) >= 11 is 5.81. The van der Waals surface area contributed by atoms with Crippen molar-refractivity contribution in [2.75, 3.05) is 20.6 Å². The molecule has 0 radical (unpaired) electrons. The third-order valence-electron chi connectivity index (χ3n) is 6.37. The Morgan fingerprint density at radius 2 is 1.88 bits per heavy atom. The zero-order valence-corrected chi connectivity index (χ0v) is 20.6. The van der Waals surface area contributed by atoms with Gasteiger partial charge in [-0.05, 0) is 67.5 Å². The molecule has 2 aromatic rings. The maximum Gasteiger partial charge on any atom is 0.254 e. The lowest BCUT2D eigenvalue weighted by Crippen LogP contribution is -2.47. The largest absolute Gasteiger partial charge is 0.347 e. The van der Waals surface area contributed by atoms with Crippen LogP contribution in [0.1, 0.15) is 47.6 Å². The molecule has 4 rings (SSSR count). The second kappa shape index (κ2) is 9.64. The molecule has 2 aromatic carbocycles. The van der Waals surface area contributed by atoms with Crippen LogP contribution in [0, 0.1) is 11.7 Å². The first-order valence-electron chi connectivity index (χ1n) is 11.2. The number of sulfonamides is 1. The van der Waals surface area contributed by atoms with Gasteiger partial charge in [0.05, 0.1) is 16.0 Å². The Labute approximate surface area is 203 Å².